The lowest BCUT2D eigenvalue weighted by molar-refractivity contribution is -0.139. The van der Waals surface area contributed by atoms with E-state index in [9.17, 15) is 4.79 Å². The summed E-state index contributed by atoms with van der Waals surface area (Å²) in [6.45, 7) is 8.13. The molecular formula is C14H24O2. The number of carbonyl (C=O) groups is 1. The second kappa shape index (κ2) is 6.72. The molecule has 2 nitrogen and oxygen atoms in total. The van der Waals surface area contributed by atoms with Crippen LogP contribution in [0.1, 0.15) is 52.4 Å². The summed E-state index contributed by atoms with van der Waals surface area (Å²) in [5.41, 5.74) is 0.492. The largest absolute Gasteiger partial charge is 0.462 e. The zero-order valence-electron chi connectivity index (χ0n) is 10.6. The van der Waals surface area contributed by atoms with Gasteiger partial charge in [0.25, 0.3) is 0 Å². The van der Waals surface area contributed by atoms with Crippen molar-refractivity contribution >= 4 is 5.97 Å². The van der Waals surface area contributed by atoms with Gasteiger partial charge in [0.1, 0.15) is 0 Å². The molecule has 1 aliphatic rings. The molecule has 0 heterocycles. The summed E-state index contributed by atoms with van der Waals surface area (Å²) in [4.78, 5) is 11.1. The first-order valence-electron chi connectivity index (χ1n) is 6.42. The van der Waals surface area contributed by atoms with Crippen molar-refractivity contribution in [2.45, 2.75) is 52.4 Å². The molecule has 0 bridgehead atoms. The van der Waals surface area contributed by atoms with Crippen LogP contribution in [-0.2, 0) is 9.53 Å². The van der Waals surface area contributed by atoms with Gasteiger partial charge >= 0.3 is 5.97 Å². The minimum absolute atomic E-state index is 0.253. The average Bonchev–Trinajstić information content (AvgIpc) is 2.26. The van der Waals surface area contributed by atoms with Gasteiger partial charge in [0, 0.05) is 5.57 Å². The molecule has 0 saturated heterocycles. The first kappa shape index (κ1) is 13.3. The Bertz CT molecular complexity index is 237. The Morgan fingerprint density at radius 2 is 1.94 bits per heavy atom. The summed E-state index contributed by atoms with van der Waals surface area (Å²) in [5.74, 6) is 1.52. The number of hydrogen-bond acceptors (Lipinski definition) is 2. The molecule has 0 aromatic rings. The maximum atomic E-state index is 11.1. The Labute approximate surface area is 99.1 Å². The van der Waals surface area contributed by atoms with Crippen LogP contribution in [0.2, 0.25) is 0 Å². The van der Waals surface area contributed by atoms with Gasteiger partial charge in [0.2, 0.25) is 0 Å². The molecule has 92 valence electrons. The molecular weight excluding hydrogens is 200 g/mol. The molecule has 0 spiro atoms. The van der Waals surface area contributed by atoms with E-state index in [-0.39, 0.29) is 5.97 Å². The number of ether oxygens (including phenoxy) is 1. The topological polar surface area (TPSA) is 26.3 Å². The van der Waals surface area contributed by atoms with Crippen molar-refractivity contribution < 1.29 is 9.53 Å². The van der Waals surface area contributed by atoms with Gasteiger partial charge in [-0.2, -0.15) is 0 Å². The molecule has 0 amide bonds. The molecule has 1 fully saturated rings. The van der Waals surface area contributed by atoms with E-state index in [0.717, 1.165) is 18.3 Å². The van der Waals surface area contributed by atoms with Crippen LogP contribution >= 0.6 is 0 Å². The van der Waals surface area contributed by atoms with Crippen molar-refractivity contribution in [2.75, 3.05) is 6.61 Å². The van der Waals surface area contributed by atoms with Crippen LogP contribution in [-0.4, -0.2) is 12.6 Å². The second-order valence-electron chi connectivity index (χ2n) is 5.18. The minimum atomic E-state index is -0.253. The summed E-state index contributed by atoms with van der Waals surface area (Å²) < 4.78 is 5.08. The summed E-state index contributed by atoms with van der Waals surface area (Å²) in [6.07, 6.45) is 7.66. The number of rotatable bonds is 5. The Kier molecular flexibility index (Phi) is 5.58. The molecule has 16 heavy (non-hydrogen) atoms. The van der Waals surface area contributed by atoms with Crippen molar-refractivity contribution in [1.29, 1.82) is 0 Å². The van der Waals surface area contributed by atoms with Crippen molar-refractivity contribution in [3.8, 4) is 0 Å². The fourth-order valence-electron chi connectivity index (χ4n) is 2.28. The Morgan fingerprint density at radius 1 is 1.31 bits per heavy atom. The standard InChI is InChI=1S/C14H24O2/c1-11(2)14(15)16-10-4-5-13-8-6-12(3)7-9-13/h12-13H,1,4-10H2,2-3H3. The average molecular weight is 224 g/mol. The van der Waals surface area contributed by atoms with Crippen LogP contribution in [0, 0.1) is 11.8 Å². The van der Waals surface area contributed by atoms with E-state index in [1.807, 2.05) is 0 Å². The monoisotopic (exact) mass is 224 g/mol. The van der Waals surface area contributed by atoms with Crippen molar-refractivity contribution in [3.63, 3.8) is 0 Å². The van der Waals surface area contributed by atoms with Gasteiger partial charge in [-0.15, -0.1) is 0 Å². The first-order valence-corrected chi connectivity index (χ1v) is 6.42. The van der Waals surface area contributed by atoms with Gasteiger partial charge in [-0.1, -0.05) is 39.2 Å². The molecule has 1 aliphatic carbocycles. The predicted molar refractivity (Wildman–Crippen MR) is 66.1 cm³/mol. The van der Waals surface area contributed by atoms with E-state index in [0.29, 0.717) is 12.2 Å². The van der Waals surface area contributed by atoms with Gasteiger partial charge < -0.3 is 4.74 Å². The zero-order chi connectivity index (χ0) is 12.0. The minimum Gasteiger partial charge on any atom is -0.462 e. The first-order chi connectivity index (χ1) is 7.59. The van der Waals surface area contributed by atoms with Crippen LogP contribution < -0.4 is 0 Å². The van der Waals surface area contributed by atoms with E-state index < -0.39 is 0 Å². The number of carbonyl (C=O) groups excluding carboxylic acids is 1. The second-order valence-corrected chi connectivity index (χ2v) is 5.18. The zero-order valence-corrected chi connectivity index (χ0v) is 10.6. The maximum Gasteiger partial charge on any atom is 0.333 e. The number of hydrogen-bond donors (Lipinski definition) is 0. The van der Waals surface area contributed by atoms with E-state index in [2.05, 4.69) is 13.5 Å². The SMILES string of the molecule is C=C(C)C(=O)OCCCC1CCC(C)CC1. The van der Waals surface area contributed by atoms with Gasteiger partial charge in [0.05, 0.1) is 6.61 Å². The van der Waals surface area contributed by atoms with E-state index in [1.54, 1.807) is 6.92 Å². The molecule has 0 radical (unpaired) electrons. The highest BCUT2D eigenvalue weighted by molar-refractivity contribution is 5.86. The third kappa shape index (κ3) is 4.82. The van der Waals surface area contributed by atoms with Gasteiger partial charge in [-0.25, -0.2) is 4.79 Å². The molecule has 0 atom stereocenters. The van der Waals surface area contributed by atoms with Gasteiger partial charge in [-0.05, 0) is 31.6 Å². The van der Waals surface area contributed by atoms with E-state index in [4.69, 9.17) is 4.74 Å². The normalized spacial score (nSPS) is 25.1. The highest BCUT2D eigenvalue weighted by Crippen LogP contribution is 2.30. The Morgan fingerprint density at radius 3 is 2.50 bits per heavy atom. The van der Waals surface area contributed by atoms with Crippen LogP contribution in [0.4, 0.5) is 0 Å². The molecule has 2 heteroatoms. The third-order valence-electron chi connectivity index (χ3n) is 3.47. The van der Waals surface area contributed by atoms with Gasteiger partial charge in [-0.3, -0.25) is 0 Å². The molecule has 0 aromatic carbocycles. The fraction of sp³-hybridized carbons (Fsp3) is 0.786. The third-order valence-corrected chi connectivity index (χ3v) is 3.47. The summed E-state index contributed by atoms with van der Waals surface area (Å²) >= 11 is 0. The highest BCUT2D eigenvalue weighted by Gasteiger charge is 2.17. The van der Waals surface area contributed by atoms with Crippen molar-refractivity contribution in [1.82, 2.24) is 0 Å². The summed E-state index contributed by atoms with van der Waals surface area (Å²) in [7, 11) is 0. The molecule has 0 unspecified atom stereocenters. The summed E-state index contributed by atoms with van der Waals surface area (Å²) in [6, 6.07) is 0. The van der Waals surface area contributed by atoms with E-state index in [1.165, 1.54) is 32.1 Å². The lowest BCUT2D eigenvalue weighted by Gasteiger charge is -2.25. The molecule has 1 rings (SSSR count). The Hall–Kier alpha value is -0.790. The van der Waals surface area contributed by atoms with Crippen LogP contribution in [0.5, 0.6) is 0 Å². The van der Waals surface area contributed by atoms with Gasteiger partial charge in [0.15, 0.2) is 0 Å². The predicted octanol–water partition coefficient (Wildman–Crippen LogP) is 3.71. The fourth-order valence-corrected chi connectivity index (χ4v) is 2.28. The quantitative estimate of drug-likeness (QED) is 0.404. The molecule has 1 saturated carbocycles. The Balaban J connectivity index is 2.03. The molecule has 0 aliphatic heterocycles. The summed E-state index contributed by atoms with van der Waals surface area (Å²) in [5, 5.41) is 0. The van der Waals surface area contributed by atoms with Crippen LogP contribution in [0.25, 0.3) is 0 Å². The highest BCUT2D eigenvalue weighted by atomic mass is 16.5. The van der Waals surface area contributed by atoms with Crippen LogP contribution in [0.3, 0.4) is 0 Å². The van der Waals surface area contributed by atoms with Crippen molar-refractivity contribution in [2.24, 2.45) is 11.8 Å². The lowest BCUT2D eigenvalue weighted by atomic mass is 9.81. The van der Waals surface area contributed by atoms with E-state index >= 15 is 0 Å². The van der Waals surface area contributed by atoms with Crippen molar-refractivity contribution in [3.05, 3.63) is 12.2 Å². The molecule has 0 aromatic heterocycles. The van der Waals surface area contributed by atoms with Crippen LogP contribution in [0.15, 0.2) is 12.2 Å². The molecule has 0 N–H and O–H groups in total. The number of esters is 1. The maximum absolute atomic E-state index is 11.1. The lowest BCUT2D eigenvalue weighted by Crippen LogP contribution is -2.13. The smallest absolute Gasteiger partial charge is 0.333 e.